The van der Waals surface area contributed by atoms with Gasteiger partial charge < -0.3 is 15.5 Å². The molecule has 1 saturated heterocycles. The van der Waals surface area contributed by atoms with E-state index in [0.29, 0.717) is 5.69 Å². The van der Waals surface area contributed by atoms with Crippen LogP contribution in [0, 0.1) is 5.82 Å². The van der Waals surface area contributed by atoms with Gasteiger partial charge in [-0.3, -0.25) is 0 Å². The average Bonchev–Trinajstić information content (AvgIpc) is 2.14. The Kier molecular flexibility index (Phi) is 3.05. The van der Waals surface area contributed by atoms with Gasteiger partial charge in [0, 0.05) is 25.8 Å². The summed E-state index contributed by atoms with van der Waals surface area (Å²) in [4.78, 5) is 13.3. The molecule has 0 aromatic heterocycles. The third-order valence-electron chi connectivity index (χ3n) is 2.70. The minimum atomic E-state index is -0.356. The fraction of sp³-hybridized carbons (Fsp3) is 0.364. The molecule has 1 aromatic carbocycles. The topological polar surface area (TPSA) is 44.4 Å². The van der Waals surface area contributed by atoms with Crippen molar-refractivity contribution in [1.29, 1.82) is 0 Å². The first-order valence-corrected chi connectivity index (χ1v) is 5.17. The predicted molar refractivity (Wildman–Crippen MR) is 59.8 cm³/mol. The molecular weight excluding hydrogens is 209 g/mol. The minimum absolute atomic E-state index is 0.211. The minimum Gasteiger partial charge on any atom is -0.322 e. The van der Waals surface area contributed by atoms with Crippen molar-refractivity contribution in [2.45, 2.75) is 6.04 Å². The number of benzene rings is 1. The number of carbonyl (C=O) groups is 1. The Morgan fingerprint density at radius 1 is 1.56 bits per heavy atom. The molecule has 0 radical (unpaired) electrons. The number of anilines is 1. The molecule has 0 aliphatic carbocycles. The Morgan fingerprint density at radius 2 is 2.31 bits per heavy atom. The van der Waals surface area contributed by atoms with Crippen molar-refractivity contribution < 1.29 is 9.18 Å². The maximum absolute atomic E-state index is 12.9. The van der Waals surface area contributed by atoms with Gasteiger partial charge in [-0.25, -0.2) is 9.18 Å². The van der Waals surface area contributed by atoms with Gasteiger partial charge in [-0.05, 0) is 18.2 Å². The van der Waals surface area contributed by atoms with Gasteiger partial charge >= 0.3 is 6.03 Å². The number of amides is 2. The van der Waals surface area contributed by atoms with E-state index in [9.17, 15) is 9.18 Å². The van der Waals surface area contributed by atoms with Crippen LogP contribution < -0.4 is 10.6 Å². The van der Waals surface area contributed by atoms with E-state index in [2.05, 4.69) is 10.6 Å². The standard InChI is InChI=1S/C11H14FN3O/c1-15(10-6-13-7-10)11(16)14-9-4-2-3-8(12)5-9/h2-5,10,13H,6-7H2,1H3,(H,14,16). The van der Waals surface area contributed by atoms with Crippen LogP contribution in [0.5, 0.6) is 0 Å². The van der Waals surface area contributed by atoms with E-state index in [0.717, 1.165) is 13.1 Å². The number of rotatable bonds is 2. The predicted octanol–water partition coefficient (Wildman–Crippen LogP) is 1.26. The van der Waals surface area contributed by atoms with Crippen molar-refractivity contribution in [2.24, 2.45) is 0 Å². The first-order chi connectivity index (χ1) is 7.66. The van der Waals surface area contributed by atoms with E-state index < -0.39 is 0 Å². The molecule has 86 valence electrons. The van der Waals surface area contributed by atoms with Crippen LogP contribution >= 0.6 is 0 Å². The fourth-order valence-electron chi connectivity index (χ4n) is 1.49. The summed E-state index contributed by atoms with van der Waals surface area (Å²) < 4.78 is 12.9. The molecule has 1 fully saturated rings. The summed E-state index contributed by atoms with van der Waals surface area (Å²) in [5.41, 5.74) is 0.476. The number of carbonyl (C=O) groups excluding carboxylic acids is 1. The number of halogens is 1. The Morgan fingerprint density at radius 3 is 2.88 bits per heavy atom. The van der Waals surface area contributed by atoms with Crippen LogP contribution in [-0.2, 0) is 0 Å². The van der Waals surface area contributed by atoms with Crippen molar-refractivity contribution in [1.82, 2.24) is 10.2 Å². The largest absolute Gasteiger partial charge is 0.322 e. The molecule has 0 saturated carbocycles. The van der Waals surface area contributed by atoms with Crippen molar-refractivity contribution in [3.05, 3.63) is 30.1 Å². The van der Waals surface area contributed by atoms with Crippen LogP contribution in [0.15, 0.2) is 24.3 Å². The van der Waals surface area contributed by atoms with Gasteiger partial charge in [-0.2, -0.15) is 0 Å². The van der Waals surface area contributed by atoms with Crippen LogP contribution in [0.2, 0.25) is 0 Å². The van der Waals surface area contributed by atoms with E-state index in [-0.39, 0.29) is 17.9 Å². The zero-order chi connectivity index (χ0) is 11.5. The first-order valence-electron chi connectivity index (χ1n) is 5.17. The molecule has 1 aliphatic rings. The molecule has 2 amide bonds. The van der Waals surface area contributed by atoms with Crippen LogP contribution in [0.1, 0.15) is 0 Å². The van der Waals surface area contributed by atoms with E-state index in [1.165, 1.54) is 12.1 Å². The quantitative estimate of drug-likeness (QED) is 0.792. The monoisotopic (exact) mass is 223 g/mol. The molecule has 0 bridgehead atoms. The normalized spacial score (nSPS) is 15.4. The average molecular weight is 223 g/mol. The molecule has 2 rings (SSSR count). The lowest BCUT2D eigenvalue weighted by Gasteiger charge is -2.35. The second-order valence-corrected chi connectivity index (χ2v) is 3.86. The highest BCUT2D eigenvalue weighted by molar-refractivity contribution is 5.89. The van der Waals surface area contributed by atoms with Crippen LogP contribution in [0.4, 0.5) is 14.9 Å². The van der Waals surface area contributed by atoms with E-state index in [1.807, 2.05) is 0 Å². The van der Waals surface area contributed by atoms with Gasteiger partial charge in [0.2, 0.25) is 0 Å². The molecule has 0 spiro atoms. The van der Waals surface area contributed by atoms with Crippen molar-refractivity contribution in [3.63, 3.8) is 0 Å². The van der Waals surface area contributed by atoms with Gasteiger partial charge in [-0.1, -0.05) is 6.07 Å². The lowest BCUT2D eigenvalue weighted by atomic mass is 10.1. The molecular formula is C11H14FN3O. The van der Waals surface area contributed by atoms with Gasteiger partial charge in [0.1, 0.15) is 5.82 Å². The van der Waals surface area contributed by atoms with Crippen LogP contribution in [0.3, 0.4) is 0 Å². The Hall–Kier alpha value is -1.62. The summed E-state index contributed by atoms with van der Waals surface area (Å²) in [7, 11) is 1.74. The van der Waals surface area contributed by atoms with Gasteiger partial charge in [0.15, 0.2) is 0 Å². The Bertz CT molecular complexity index is 393. The van der Waals surface area contributed by atoms with E-state index >= 15 is 0 Å². The zero-order valence-electron chi connectivity index (χ0n) is 9.03. The number of hydrogen-bond acceptors (Lipinski definition) is 2. The SMILES string of the molecule is CN(C(=O)Nc1cccc(F)c1)C1CNC1. The molecule has 5 heteroatoms. The smallest absolute Gasteiger partial charge is 0.321 e. The molecule has 0 unspecified atom stereocenters. The molecule has 2 N–H and O–H groups in total. The van der Waals surface area contributed by atoms with Gasteiger partial charge in [-0.15, -0.1) is 0 Å². The summed E-state index contributed by atoms with van der Waals surface area (Å²) in [6.07, 6.45) is 0. The fourth-order valence-corrected chi connectivity index (χ4v) is 1.49. The first kappa shape index (κ1) is 10.9. The molecule has 1 heterocycles. The van der Waals surface area contributed by atoms with Crippen molar-refractivity contribution in [2.75, 3.05) is 25.5 Å². The number of hydrogen-bond donors (Lipinski definition) is 2. The van der Waals surface area contributed by atoms with Crippen LogP contribution in [0.25, 0.3) is 0 Å². The van der Waals surface area contributed by atoms with E-state index in [1.54, 1.807) is 24.1 Å². The third-order valence-corrected chi connectivity index (χ3v) is 2.70. The molecule has 16 heavy (non-hydrogen) atoms. The summed E-state index contributed by atoms with van der Waals surface area (Å²) in [6.45, 7) is 1.63. The number of nitrogens with zero attached hydrogens (tertiary/aromatic N) is 1. The maximum atomic E-state index is 12.9. The maximum Gasteiger partial charge on any atom is 0.321 e. The number of nitrogens with one attached hydrogen (secondary N) is 2. The molecule has 1 aliphatic heterocycles. The lowest BCUT2D eigenvalue weighted by Crippen LogP contribution is -2.58. The zero-order valence-corrected chi connectivity index (χ0v) is 9.03. The molecule has 0 atom stereocenters. The highest BCUT2D eigenvalue weighted by Crippen LogP contribution is 2.11. The Balaban J connectivity index is 1.96. The summed E-state index contributed by atoms with van der Waals surface area (Å²) in [5.74, 6) is -0.356. The summed E-state index contributed by atoms with van der Waals surface area (Å²) >= 11 is 0. The van der Waals surface area contributed by atoms with E-state index in [4.69, 9.17) is 0 Å². The molecule has 1 aromatic rings. The van der Waals surface area contributed by atoms with Gasteiger partial charge in [0.25, 0.3) is 0 Å². The third kappa shape index (κ3) is 2.30. The van der Waals surface area contributed by atoms with Crippen molar-refractivity contribution >= 4 is 11.7 Å². The summed E-state index contributed by atoms with van der Waals surface area (Å²) in [6, 6.07) is 5.88. The second-order valence-electron chi connectivity index (χ2n) is 3.86. The second kappa shape index (κ2) is 4.49. The number of likely N-dealkylation sites (N-methyl/N-ethyl adjacent to an activating group) is 1. The highest BCUT2D eigenvalue weighted by atomic mass is 19.1. The highest BCUT2D eigenvalue weighted by Gasteiger charge is 2.25. The molecule has 4 nitrogen and oxygen atoms in total. The van der Waals surface area contributed by atoms with Gasteiger partial charge in [0.05, 0.1) is 6.04 Å². The van der Waals surface area contributed by atoms with Crippen LogP contribution in [-0.4, -0.2) is 37.1 Å². The summed E-state index contributed by atoms with van der Waals surface area (Å²) in [5, 5.41) is 5.74. The van der Waals surface area contributed by atoms with Crippen molar-refractivity contribution in [3.8, 4) is 0 Å². The lowest BCUT2D eigenvalue weighted by molar-refractivity contribution is 0.180. The number of urea groups is 1. The Labute approximate surface area is 93.4 Å².